The van der Waals surface area contributed by atoms with Crippen molar-refractivity contribution in [1.29, 1.82) is 0 Å². The molecule has 1 N–H and O–H groups in total. The van der Waals surface area contributed by atoms with Gasteiger partial charge in [-0.3, -0.25) is 9.69 Å². The third kappa shape index (κ3) is 5.54. The second-order valence-electron chi connectivity index (χ2n) is 3.07. The number of hydrogen-bond donors (Lipinski definition) is 1. The Morgan fingerprint density at radius 3 is 2.40 bits per heavy atom. The molecule has 1 saturated heterocycles. The lowest BCUT2D eigenvalue weighted by Crippen LogP contribution is -2.39. The summed E-state index contributed by atoms with van der Waals surface area (Å²) in [5.74, 6) is -0.0773. The standard InChI is InChI=1S/C9H16N2O2.C2H6/c1-8(9(12)10-2)7-11-3-5-13-6-4-11;1-2/h1,3-7H2,2H3,(H,10,12);1-2H3. The first-order valence-corrected chi connectivity index (χ1v) is 5.44. The summed E-state index contributed by atoms with van der Waals surface area (Å²) in [5.41, 5.74) is 0.615. The van der Waals surface area contributed by atoms with Crippen molar-refractivity contribution in [3.05, 3.63) is 12.2 Å². The van der Waals surface area contributed by atoms with Gasteiger partial charge in [0.2, 0.25) is 5.91 Å². The fourth-order valence-electron chi connectivity index (χ4n) is 1.28. The van der Waals surface area contributed by atoms with Crippen LogP contribution in [-0.4, -0.2) is 50.7 Å². The molecule has 0 radical (unpaired) electrons. The van der Waals surface area contributed by atoms with Crippen LogP contribution in [0.15, 0.2) is 12.2 Å². The minimum atomic E-state index is -0.0773. The Bertz CT molecular complexity index is 199. The molecule has 0 spiro atoms. The van der Waals surface area contributed by atoms with Crippen LogP contribution in [0.1, 0.15) is 13.8 Å². The third-order valence-corrected chi connectivity index (χ3v) is 2.07. The maximum Gasteiger partial charge on any atom is 0.247 e. The van der Waals surface area contributed by atoms with E-state index in [1.54, 1.807) is 7.05 Å². The zero-order chi connectivity index (χ0) is 11.7. The Morgan fingerprint density at radius 2 is 1.93 bits per heavy atom. The fourth-order valence-corrected chi connectivity index (χ4v) is 1.28. The van der Waals surface area contributed by atoms with Crippen LogP contribution in [-0.2, 0) is 9.53 Å². The van der Waals surface area contributed by atoms with Crippen molar-refractivity contribution in [3.63, 3.8) is 0 Å². The lowest BCUT2D eigenvalue weighted by molar-refractivity contribution is -0.117. The molecular weight excluding hydrogens is 192 g/mol. The van der Waals surface area contributed by atoms with Crippen LogP contribution in [0.25, 0.3) is 0 Å². The molecule has 1 fully saturated rings. The van der Waals surface area contributed by atoms with Crippen LogP contribution >= 0.6 is 0 Å². The van der Waals surface area contributed by atoms with Crippen molar-refractivity contribution in [2.45, 2.75) is 13.8 Å². The molecule has 0 aliphatic carbocycles. The van der Waals surface area contributed by atoms with Gasteiger partial charge in [0.1, 0.15) is 0 Å². The number of morpholine rings is 1. The molecule has 4 nitrogen and oxygen atoms in total. The molecule has 1 aliphatic heterocycles. The molecule has 15 heavy (non-hydrogen) atoms. The molecule has 0 aromatic rings. The summed E-state index contributed by atoms with van der Waals surface area (Å²) < 4.78 is 5.20. The van der Waals surface area contributed by atoms with Gasteiger partial charge in [0.05, 0.1) is 13.2 Å². The number of carbonyl (C=O) groups excluding carboxylic acids is 1. The van der Waals surface area contributed by atoms with Gasteiger partial charge in [-0.25, -0.2) is 0 Å². The Hall–Kier alpha value is -0.870. The van der Waals surface area contributed by atoms with E-state index in [0.29, 0.717) is 12.1 Å². The molecule has 0 atom stereocenters. The van der Waals surface area contributed by atoms with E-state index in [1.807, 2.05) is 13.8 Å². The lowest BCUT2D eigenvalue weighted by Gasteiger charge is -2.26. The van der Waals surface area contributed by atoms with Crippen molar-refractivity contribution >= 4 is 5.91 Å². The summed E-state index contributed by atoms with van der Waals surface area (Å²) in [5, 5.41) is 2.56. The molecule has 0 unspecified atom stereocenters. The number of nitrogens with zero attached hydrogens (tertiary/aromatic N) is 1. The van der Waals surface area contributed by atoms with Crippen molar-refractivity contribution in [2.24, 2.45) is 0 Å². The smallest absolute Gasteiger partial charge is 0.247 e. The number of amides is 1. The minimum absolute atomic E-state index is 0.0773. The molecule has 0 saturated carbocycles. The van der Waals surface area contributed by atoms with Gasteiger partial charge in [0.15, 0.2) is 0 Å². The SMILES string of the molecule is C=C(CN1CCOCC1)C(=O)NC.CC. The van der Waals surface area contributed by atoms with E-state index in [0.717, 1.165) is 26.3 Å². The highest BCUT2D eigenvalue weighted by atomic mass is 16.5. The molecule has 88 valence electrons. The molecule has 0 bridgehead atoms. The van der Waals surface area contributed by atoms with Gasteiger partial charge in [-0.2, -0.15) is 0 Å². The van der Waals surface area contributed by atoms with Crippen LogP contribution < -0.4 is 5.32 Å². The first-order chi connectivity index (χ1) is 7.24. The largest absolute Gasteiger partial charge is 0.379 e. The summed E-state index contributed by atoms with van der Waals surface area (Å²) in [7, 11) is 1.62. The van der Waals surface area contributed by atoms with Crippen molar-refractivity contribution in [2.75, 3.05) is 39.9 Å². The second-order valence-corrected chi connectivity index (χ2v) is 3.07. The summed E-state index contributed by atoms with van der Waals surface area (Å²) in [6.07, 6.45) is 0. The number of likely N-dealkylation sites (N-methyl/N-ethyl adjacent to an activating group) is 1. The van der Waals surface area contributed by atoms with Gasteiger partial charge < -0.3 is 10.1 Å². The molecule has 0 aromatic carbocycles. The minimum Gasteiger partial charge on any atom is -0.379 e. The van der Waals surface area contributed by atoms with E-state index in [-0.39, 0.29) is 5.91 Å². The van der Waals surface area contributed by atoms with Gasteiger partial charge in [0.25, 0.3) is 0 Å². The van der Waals surface area contributed by atoms with Gasteiger partial charge in [-0.05, 0) is 0 Å². The highest BCUT2D eigenvalue weighted by Gasteiger charge is 2.13. The second kappa shape index (κ2) is 8.44. The number of hydrogen-bond acceptors (Lipinski definition) is 3. The molecule has 1 heterocycles. The van der Waals surface area contributed by atoms with E-state index in [9.17, 15) is 4.79 Å². The number of ether oxygens (including phenoxy) is 1. The Morgan fingerprint density at radius 1 is 1.40 bits per heavy atom. The summed E-state index contributed by atoms with van der Waals surface area (Å²) in [4.78, 5) is 13.3. The molecular formula is C11H22N2O2. The first-order valence-electron chi connectivity index (χ1n) is 5.44. The highest BCUT2D eigenvalue weighted by Crippen LogP contribution is 2.00. The predicted octanol–water partition coefficient (Wildman–Crippen LogP) is 0.647. The van der Waals surface area contributed by atoms with Gasteiger partial charge in [0, 0.05) is 32.3 Å². The Labute approximate surface area is 92.3 Å². The van der Waals surface area contributed by atoms with Crippen LogP contribution in [0.4, 0.5) is 0 Å². The third-order valence-electron chi connectivity index (χ3n) is 2.07. The van der Waals surface area contributed by atoms with Crippen LogP contribution in [0.5, 0.6) is 0 Å². The monoisotopic (exact) mass is 214 g/mol. The quantitative estimate of drug-likeness (QED) is 0.701. The van der Waals surface area contributed by atoms with E-state index in [2.05, 4.69) is 16.8 Å². The Balaban J connectivity index is 0.000000921. The normalized spacial score (nSPS) is 16.2. The van der Waals surface area contributed by atoms with E-state index < -0.39 is 0 Å². The molecule has 4 heteroatoms. The number of nitrogens with one attached hydrogen (secondary N) is 1. The van der Waals surface area contributed by atoms with Crippen LogP contribution in [0.2, 0.25) is 0 Å². The molecule has 1 aliphatic rings. The van der Waals surface area contributed by atoms with Gasteiger partial charge >= 0.3 is 0 Å². The topological polar surface area (TPSA) is 41.6 Å². The number of carbonyl (C=O) groups is 1. The Kier molecular flexibility index (Phi) is 7.95. The van der Waals surface area contributed by atoms with Crippen molar-refractivity contribution < 1.29 is 9.53 Å². The zero-order valence-corrected chi connectivity index (χ0v) is 10.0. The zero-order valence-electron chi connectivity index (χ0n) is 10.0. The van der Waals surface area contributed by atoms with E-state index in [4.69, 9.17) is 4.74 Å². The van der Waals surface area contributed by atoms with E-state index >= 15 is 0 Å². The molecule has 1 rings (SSSR count). The van der Waals surface area contributed by atoms with E-state index in [1.165, 1.54) is 0 Å². The van der Waals surface area contributed by atoms with Crippen LogP contribution in [0.3, 0.4) is 0 Å². The molecule has 0 aromatic heterocycles. The van der Waals surface area contributed by atoms with Crippen LogP contribution in [0, 0.1) is 0 Å². The average Bonchev–Trinajstić information content (AvgIpc) is 2.32. The first kappa shape index (κ1) is 14.1. The lowest BCUT2D eigenvalue weighted by atomic mass is 10.2. The van der Waals surface area contributed by atoms with Crippen molar-refractivity contribution in [3.8, 4) is 0 Å². The summed E-state index contributed by atoms with van der Waals surface area (Å²) >= 11 is 0. The molecule has 1 amide bonds. The van der Waals surface area contributed by atoms with Gasteiger partial charge in [-0.1, -0.05) is 20.4 Å². The summed E-state index contributed by atoms with van der Waals surface area (Å²) in [6.45, 7) is 11.6. The van der Waals surface area contributed by atoms with Gasteiger partial charge in [-0.15, -0.1) is 0 Å². The maximum atomic E-state index is 11.1. The predicted molar refractivity (Wildman–Crippen MR) is 61.8 cm³/mol. The summed E-state index contributed by atoms with van der Waals surface area (Å²) in [6, 6.07) is 0. The van der Waals surface area contributed by atoms with Crippen molar-refractivity contribution in [1.82, 2.24) is 10.2 Å². The fraction of sp³-hybridized carbons (Fsp3) is 0.727. The maximum absolute atomic E-state index is 11.1. The average molecular weight is 214 g/mol. The number of rotatable bonds is 3. The highest BCUT2D eigenvalue weighted by molar-refractivity contribution is 5.92.